The first kappa shape index (κ1) is 16.7. The second kappa shape index (κ2) is 7.04. The molecule has 2 N–H and O–H groups in total. The number of carboxylic acid groups (broad SMARTS) is 1. The standard InChI is InChI=1S/C16H14F3NO3/c17-16(18,19)12-2-1-3-14(10-12)23-13-6-4-11(5-7-13)8-9-20-15(21)22/h1-7,10,20H,8-9H2,(H,21,22). The van der Waals surface area contributed by atoms with Crippen LogP contribution in [0, 0.1) is 0 Å². The largest absolute Gasteiger partial charge is 0.465 e. The quantitative estimate of drug-likeness (QED) is 0.861. The SMILES string of the molecule is O=C(O)NCCc1ccc(Oc2cccc(C(F)(F)F)c2)cc1. The maximum Gasteiger partial charge on any atom is 0.416 e. The third-order valence-corrected chi connectivity index (χ3v) is 3.01. The van der Waals surface area contributed by atoms with Crippen LogP contribution in [0.15, 0.2) is 48.5 Å². The van der Waals surface area contributed by atoms with Crippen molar-refractivity contribution in [1.29, 1.82) is 0 Å². The highest BCUT2D eigenvalue weighted by molar-refractivity contribution is 5.64. The topological polar surface area (TPSA) is 58.6 Å². The third-order valence-electron chi connectivity index (χ3n) is 3.01. The zero-order chi connectivity index (χ0) is 16.9. The van der Waals surface area contributed by atoms with Crippen molar-refractivity contribution in [3.63, 3.8) is 0 Å². The van der Waals surface area contributed by atoms with Crippen molar-refractivity contribution >= 4 is 6.09 Å². The minimum absolute atomic E-state index is 0.0973. The Morgan fingerprint density at radius 1 is 1.09 bits per heavy atom. The number of benzene rings is 2. The summed E-state index contributed by atoms with van der Waals surface area (Å²) >= 11 is 0. The van der Waals surface area contributed by atoms with Crippen LogP contribution in [0.25, 0.3) is 0 Å². The molecule has 0 bridgehead atoms. The van der Waals surface area contributed by atoms with Gasteiger partial charge >= 0.3 is 12.3 Å². The molecule has 0 radical (unpaired) electrons. The highest BCUT2D eigenvalue weighted by atomic mass is 19.4. The summed E-state index contributed by atoms with van der Waals surface area (Å²) in [6, 6.07) is 11.3. The molecule has 0 aliphatic heterocycles. The van der Waals surface area contributed by atoms with E-state index < -0.39 is 17.8 Å². The maximum absolute atomic E-state index is 12.6. The van der Waals surface area contributed by atoms with Crippen LogP contribution < -0.4 is 10.1 Å². The fourth-order valence-electron chi connectivity index (χ4n) is 1.91. The van der Waals surface area contributed by atoms with Crippen LogP contribution in [0.3, 0.4) is 0 Å². The van der Waals surface area contributed by atoms with Gasteiger partial charge in [0, 0.05) is 6.54 Å². The molecular formula is C16H14F3NO3. The van der Waals surface area contributed by atoms with Gasteiger partial charge in [0.15, 0.2) is 0 Å². The van der Waals surface area contributed by atoms with Gasteiger partial charge in [-0.25, -0.2) is 4.79 Å². The molecule has 2 aromatic carbocycles. The van der Waals surface area contributed by atoms with E-state index in [0.29, 0.717) is 12.2 Å². The Balaban J connectivity index is 1.99. The van der Waals surface area contributed by atoms with Gasteiger partial charge in [0.05, 0.1) is 5.56 Å². The van der Waals surface area contributed by atoms with Gasteiger partial charge in [-0.05, 0) is 42.3 Å². The molecule has 0 aliphatic carbocycles. The highest BCUT2D eigenvalue weighted by Gasteiger charge is 2.30. The predicted octanol–water partition coefficient (Wildman–Crippen LogP) is 4.31. The summed E-state index contributed by atoms with van der Waals surface area (Å²) in [6.07, 6.45) is -4.99. The first-order chi connectivity index (χ1) is 10.8. The molecule has 0 aromatic heterocycles. The molecule has 0 spiro atoms. The molecule has 2 rings (SSSR count). The van der Waals surface area contributed by atoms with Gasteiger partial charge in [-0.15, -0.1) is 0 Å². The molecule has 0 saturated heterocycles. The first-order valence-corrected chi connectivity index (χ1v) is 6.75. The van der Waals surface area contributed by atoms with Crippen molar-refractivity contribution < 1.29 is 27.8 Å². The first-order valence-electron chi connectivity index (χ1n) is 6.75. The highest BCUT2D eigenvalue weighted by Crippen LogP contribution is 2.32. The summed E-state index contributed by atoms with van der Waals surface area (Å²) < 4.78 is 43.3. The van der Waals surface area contributed by atoms with Crippen molar-refractivity contribution in [1.82, 2.24) is 5.32 Å². The molecule has 0 heterocycles. The van der Waals surface area contributed by atoms with E-state index in [0.717, 1.165) is 17.7 Å². The molecule has 0 atom stereocenters. The fourth-order valence-corrected chi connectivity index (χ4v) is 1.91. The van der Waals surface area contributed by atoms with E-state index in [1.807, 2.05) is 0 Å². The summed E-state index contributed by atoms with van der Waals surface area (Å²) in [4.78, 5) is 10.3. The Morgan fingerprint density at radius 2 is 1.78 bits per heavy atom. The summed E-state index contributed by atoms with van der Waals surface area (Å²) in [6.45, 7) is 0.281. The van der Waals surface area contributed by atoms with E-state index in [-0.39, 0.29) is 12.3 Å². The van der Waals surface area contributed by atoms with Gasteiger partial charge in [0.1, 0.15) is 11.5 Å². The molecule has 4 nitrogen and oxygen atoms in total. The summed E-state index contributed by atoms with van der Waals surface area (Å²) in [5.74, 6) is 0.499. The zero-order valence-corrected chi connectivity index (χ0v) is 11.9. The van der Waals surface area contributed by atoms with Crippen LogP contribution in [-0.4, -0.2) is 17.7 Å². The lowest BCUT2D eigenvalue weighted by molar-refractivity contribution is -0.137. The smallest absolute Gasteiger partial charge is 0.416 e. The number of hydrogen-bond donors (Lipinski definition) is 2. The van der Waals surface area contributed by atoms with Crippen molar-refractivity contribution in [2.45, 2.75) is 12.6 Å². The predicted molar refractivity (Wildman–Crippen MR) is 77.7 cm³/mol. The molecule has 0 saturated carbocycles. The lowest BCUT2D eigenvalue weighted by atomic mass is 10.1. The molecular weight excluding hydrogens is 311 g/mol. The summed E-state index contributed by atoms with van der Waals surface area (Å²) in [7, 11) is 0. The normalized spacial score (nSPS) is 11.1. The van der Waals surface area contributed by atoms with Crippen LogP contribution in [0.4, 0.5) is 18.0 Å². The van der Waals surface area contributed by atoms with Crippen molar-refractivity contribution in [2.75, 3.05) is 6.54 Å². The van der Waals surface area contributed by atoms with Crippen LogP contribution in [-0.2, 0) is 12.6 Å². The van der Waals surface area contributed by atoms with Crippen molar-refractivity contribution in [3.8, 4) is 11.5 Å². The molecule has 2 aromatic rings. The number of amides is 1. The molecule has 0 aliphatic rings. The summed E-state index contributed by atoms with van der Waals surface area (Å²) in [5.41, 5.74) is 0.113. The average Bonchev–Trinajstić information content (AvgIpc) is 2.48. The van der Waals surface area contributed by atoms with Crippen LogP contribution >= 0.6 is 0 Å². The number of rotatable bonds is 5. The van der Waals surface area contributed by atoms with Crippen molar-refractivity contribution in [3.05, 3.63) is 59.7 Å². The average molecular weight is 325 g/mol. The summed E-state index contributed by atoms with van der Waals surface area (Å²) in [5, 5.41) is 10.7. The van der Waals surface area contributed by atoms with E-state index in [1.165, 1.54) is 12.1 Å². The van der Waals surface area contributed by atoms with Gasteiger partial charge in [0.25, 0.3) is 0 Å². The number of nitrogens with one attached hydrogen (secondary N) is 1. The Bertz CT molecular complexity index is 669. The Hall–Kier alpha value is -2.70. The maximum atomic E-state index is 12.6. The van der Waals surface area contributed by atoms with E-state index in [9.17, 15) is 18.0 Å². The van der Waals surface area contributed by atoms with Gasteiger partial charge in [-0.3, -0.25) is 0 Å². The van der Waals surface area contributed by atoms with E-state index in [2.05, 4.69) is 5.32 Å². The number of halogens is 3. The molecule has 1 amide bonds. The van der Waals surface area contributed by atoms with E-state index in [4.69, 9.17) is 9.84 Å². The molecule has 23 heavy (non-hydrogen) atoms. The van der Waals surface area contributed by atoms with Crippen LogP contribution in [0.1, 0.15) is 11.1 Å². The monoisotopic (exact) mass is 325 g/mol. The van der Waals surface area contributed by atoms with Crippen molar-refractivity contribution in [2.24, 2.45) is 0 Å². The number of ether oxygens (including phenoxy) is 1. The number of hydrogen-bond acceptors (Lipinski definition) is 2. The van der Waals surface area contributed by atoms with E-state index >= 15 is 0 Å². The minimum Gasteiger partial charge on any atom is -0.465 e. The van der Waals surface area contributed by atoms with E-state index in [1.54, 1.807) is 24.3 Å². The van der Waals surface area contributed by atoms with Gasteiger partial charge in [-0.2, -0.15) is 13.2 Å². The molecule has 7 heteroatoms. The molecule has 0 fully saturated rings. The van der Waals surface area contributed by atoms with Gasteiger partial charge in [-0.1, -0.05) is 18.2 Å². The van der Waals surface area contributed by atoms with Crippen LogP contribution in [0.5, 0.6) is 11.5 Å². The third kappa shape index (κ3) is 5.21. The lowest BCUT2D eigenvalue weighted by Gasteiger charge is -2.10. The van der Waals surface area contributed by atoms with Gasteiger partial charge < -0.3 is 15.2 Å². The second-order valence-corrected chi connectivity index (χ2v) is 4.75. The number of alkyl halides is 3. The second-order valence-electron chi connectivity index (χ2n) is 4.75. The molecule has 122 valence electrons. The zero-order valence-electron chi connectivity index (χ0n) is 11.9. The number of carbonyl (C=O) groups is 1. The lowest BCUT2D eigenvalue weighted by Crippen LogP contribution is -2.23. The minimum atomic E-state index is -4.42. The van der Waals surface area contributed by atoms with Crippen LogP contribution in [0.2, 0.25) is 0 Å². The fraction of sp³-hybridized carbons (Fsp3) is 0.188. The Morgan fingerprint density at radius 3 is 2.39 bits per heavy atom. The van der Waals surface area contributed by atoms with Gasteiger partial charge in [0.2, 0.25) is 0 Å². The Labute approximate surface area is 130 Å². The molecule has 0 unspecified atom stereocenters. The Kier molecular flexibility index (Phi) is 5.10.